The van der Waals surface area contributed by atoms with E-state index in [4.69, 9.17) is 9.47 Å². The molecule has 3 aromatic rings. The summed E-state index contributed by atoms with van der Waals surface area (Å²) in [5.41, 5.74) is 3.35. The van der Waals surface area contributed by atoms with Gasteiger partial charge in [0.15, 0.2) is 5.78 Å². The molecule has 1 heterocycles. The van der Waals surface area contributed by atoms with Crippen molar-refractivity contribution in [2.45, 2.75) is 20.0 Å². The Labute approximate surface area is 175 Å². The molecule has 5 heteroatoms. The highest BCUT2D eigenvalue weighted by molar-refractivity contribution is 6.08. The highest BCUT2D eigenvalue weighted by Gasteiger charge is 2.30. The third kappa shape index (κ3) is 3.92. The van der Waals surface area contributed by atoms with Gasteiger partial charge in [-0.05, 0) is 36.2 Å². The Bertz CT molecular complexity index is 1080. The van der Waals surface area contributed by atoms with Crippen LogP contribution in [0.2, 0.25) is 0 Å². The highest BCUT2D eigenvalue weighted by atomic mass is 16.5. The Morgan fingerprint density at radius 2 is 1.70 bits per heavy atom. The minimum Gasteiger partial charge on any atom is -0.488 e. The zero-order valence-electron chi connectivity index (χ0n) is 17.1. The number of rotatable bonds is 5. The molecule has 0 fully saturated rings. The molecule has 0 N–H and O–H groups in total. The molecule has 152 valence electrons. The summed E-state index contributed by atoms with van der Waals surface area (Å²) in [6, 6.07) is 20.3. The van der Waals surface area contributed by atoms with Crippen molar-refractivity contribution >= 4 is 17.4 Å². The minimum atomic E-state index is -0.504. The molecule has 4 rings (SSSR count). The van der Waals surface area contributed by atoms with Crippen LogP contribution in [0.5, 0.6) is 11.5 Å². The van der Waals surface area contributed by atoms with E-state index in [1.54, 1.807) is 18.2 Å². The number of para-hydroxylation sites is 1. The fourth-order valence-corrected chi connectivity index (χ4v) is 3.75. The van der Waals surface area contributed by atoms with Crippen molar-refractivity contribution in [3.05, 3.63) is 89.0 Å². The normalized spacial score (nSPS) is 13.0. The molecular weight excluding hydrogens is 378 g/mol. The number of benzene rings is 3. The second-order valence-corrected chi connectivity index (χ2v) is 7.34. The summed E-state index contributed by atoms with van der Waals surface area (Å²) in [6.07, 6.45) is 0.439. The molecule has 0 spiro atoms. The van der Waals surface area contributed by atoms with Crippen LogP contribution in [-0.2, 0) is 6.61 Å². The van der Waals surface area contributed by atoms with Crippen LogP contribution in [0.15, 0.2) is 66.7 Å². The van der Waals surface area contributed by atoms with Gasteiger partial charge in [0.2, 0.25) is 0 Å². The van der Waals surface area contributed by atoms with Gasteiger partial charge in [0.1, 0.15) is 23.7 Å². The molecular formula is C25H23NO4. The molecule has 0 saturated heterocycles. The van der Waals surface area contributed by atoms with Gasteiger partial charge in [-0.25, -0.2) is 4.79 Å². The average molecular weight is 401 g/mol. The van der Waals surface area contributed by atoms with Crippen LogP contribution in [0.4, 0.5) is 5.69 Å². The maximum atomic E-state index is 13.1. The van der Waals surface area contributed by atoms with E-state index in [1.165, 1.54) is 0 Å². The lowest BCUT2D eigenvalue weighted by atomic mass is 9.93. The highest BCUT2D eigenvalue weighted by Crippen LogP contribution is 2.38. The van der Waals surface area contributed by atoms with Crippen molar-refractivity contribution in [1.29, 1.82) is 0 Å². The van der Waals surface area contributed by atoms with Crippen molar-refractivity contribution in [2.75, 3.05) is 18.5 Å². The van der Waals surface area contributed by atoms with E-state index >= 15 is 0 Å². The van der Waals surface area contributed by atoms with E-state index in [0.29, 0.717) is 41.2 Å². The van der Waals surface area contributed by atoms with E-state index < -0.39 is 5.97 Å². The summed E-state index contributed by atoms with van der Waals surface area (Å²) < 4.78 is 11.6. The third-order valence-corrected chi connectivity index (χ3v) is 5.26. The maximum absolute atomic E-state index is 13.1. The van der Waals surface area contributed by atoms with Crippen LogP contribution >= 0.6 is 0 Å². The largest absolute Gasteiger partial charge is 0.488 e. The summed E-state index contributed by atoms with van der Waals surface area (Å²) in [4.78, 5) is 27.7. The van der Waals surface area contributed by atoms with Crippen molar-refractivity contribution in [1.82, 2.24) is 0 Å². The van der Waals surface area contributed by atoms with E-state index in [9.17, 15) is 9.59 Å². The molecule has 3 aromatic carbocycles. The number of esters is 1. The molecule has 0 aliphatic carbocycles. The first-order valence-electron chi connectivity index (χ1n) is 9.90. The SMILES string of the molecule is Cc1c(C(=O)Oc2ccccc2)c(OCc2ccccc2)cc2c1N(C)CCC2=O. The zero-order valence-corrected chi connectivity index (χ0v) is 17.1. The fourth-order valence-electron chi connectivity index (χ4n) is 3.75. The molecule has 1 aliphatic heterocycles. The molecule has 0 amide bonds. The van der Waals surface area contributed by atoms with E-state index in [2.05, 4.69) is 0 Å². The molecule has 0 unspecified atom stereocenters. The van der Waals surface area contributed by atoms with Gasteiger partial charge >= 0.3 is 5.97 Å². The monoisotopic (exact) mass is 401 g/mol. The van der Waals surface area contributed by atoms with Gasteiger partial charge in [-0.3, -0.25) is 4.79 Å². The number of ether oxygens (including phenoxy) is 2. The Morgan fingerprint density at radius 3 is 2.40 bits per heavy atom. The lowest BCUT2D eigenvalue weighted by Crippen LogP contribution is -2.30. The van der Waals surface area contributed by atoms with Crippen molar-refractivity contribution in [2.24, 2.45) is 0 Å². The topological polar surface area (TPSA) is 55.8 Å². The summed E-state index contributed by atoms with van der Waals surface area (Å²) in [6.45, 7) is 2.74. The molecule has 0 radical (unpaired) electrons. The lowest BCUT2D eigenvalue weighted by Gasteiger charge is -2.30. The number of hydrogen-bond acceptors (Lipinski definition) is 5. The van der Waals surface area contributed by atoms with Crippen molar-refractivity contribution in [3.8, 4) is 11.5 Å². The average Bonchev–Trinajstić information content (AvgIpc) is 2.76. The first-order chi connectivity index (χ1) is 14.5. The number of fused-ring (bicyclic) bond motifs is 1. The van der Waals surface area contributed by atoms with Gasteiger partial charge in [-0.1, -0.05) is 48.5 Å². The Morgan fingerprint density at radius 1 is 1.03 bits per heavy atom. The zero-order chi connectivity index (χ0) is 21.1. The number of ketones is 1. The lowest BCUT2D eigenvalue weighted by molar-refractivity contribution is 0.0728. The first kappa shape index (κ1) is 19.7. The molecule has 5 nitrogen and oxygen atoms in total. The van der Waals surface area contributed by atoms with Crippen LogP contribution < -0.4 is 14.4 Å². The van der Waals surface area contributed by atoms with Crippen LogP contribution in [0.25, 0.3) is 0 Å². The first-order valence-corrected chi connectivity index (χ1v) is 9.90. The Kier molecular flexibility index (Phi) is 5.53. The smallest absolute Gasteiger partial charge is 0.347 e. The predicted octanol–water partition coefficient (Wildman–Crippen LogP) is 4.82. The molecule has 0 bridgehead atoms. The molecule has 30 heavy (non-hydrogen) atoms. The summed E-state index contributed by atoms with van der Waals surface area (Å²) in [5.74, 6) is 0.368. The number of anilines is 1. The third-order valence-electron chi connectivity index (χ3n) is 5.26. The predicted molar refractivity (Wildman–Crippen MR) is 116 cm³/mol. The number of Topliss-reactive ketones (excluding diaryl/α,β-unsaturated/α-hetero) is 1. The standard InChI is InChI=1S/C25H23NO4/c1-17-23(25(28)30-19-11-7-4-8-12-19)22(29-16-18-9-5-3-6-10-18)15-20-21(27)13-14-26(2)24(17)20/h3-12,15H,13-14,16H2,1-2H3. The van der Waals surface area contributed by atoms with Crippen molar-refractivity contribution < 1.29 is 19.1 Å². The summed E-state index contributed by atoms with van der Waals surface area (Å²) >= 11 is 0. The number of carbonyl (C=O) groups is 2. The van der Waals surface area contributed by atoms with Crippen LogP contribution in [0.3, 0.4) is 0 Å². The molecule has 1 aliphatic rings. The van der Waals surface area contributed by atoms with E-state index in [0.717, 1.165) is 11.3 Å². The summed E-state index contributed by atoms with van der Waals surface area (Å²) in [5, 5.41) is 0. The van der Waals surface area contributed by atoms with E-state index in [1.807, 2.05) is 67.4 Å². The molecule has 0 saturated carbocycles. The Balaban J connectivity index is 1.76. The van der Waals surface area contributed by atoms with Gasteiger partial charge in [0.25, 0.3) is 0 Å². The number of carbonyl (C=O) groups excluding carboxylic acids is 2. The van der Waals surface area contributed by atoms with Gasteiger partial charge in [-0.15, -0.1) is 0 Å². The van der Waals surface area contributed by atoms with Gasteiger partial charge < -0.3 is 14.4 Å². The fraction of sp³-hybridized carbons (Fsp3) is 0.200. The van der Waals surface area contributed by atoms with Gasteiger partial charge in [-0.2, -0.15) is 0 Å². The van der Waals surface area contributed by atoms with Gasteiger partial charge in [0, 0.05) is 25.6 Å². The van der Waals surface area contributed by atoms with E-state index in [-0.39, 0.29) is 12.4 Å². The maximum Gasteiger partial charge on any atom is 0.347 e. The van der Waals surface area contributed by atoms with Crippen LogP contribution in [0, 0.1) is 6.92 Å². The van der Waals surface area contributed by atoms with Gasteiger partial charge in [0.05, 0.1) is 5.69 Å². The minimum absolute atomic E-state index is 0.0544. The van der Waals surface area contributed by atoms with Crippen LogP contribution in [-0.4, -0.2) is 25.3 Å². The second-order valence-electron chi connectivity index (χ2n) is 7.34. The Hall–Kier alpha value is -3.60. The number of hydrogen-bond donors (Lipinski definition) is 0. The van der Waals surface area contributed by atoms with Crippen molar-refractivity contribution in [3.63, 3.8) is 0 Å². The molecule has 0 atom stereocenters. The quantitative estimate of drug-likeness (QED) is 0.453. The number of nitrogens with zero attached hydrogens (tertiary/aromatic N) is 1. The summed E-state index contributed by atoms with van der Waals surface area (Å²) in [7, 11) is 1.93. The van der Waals surface area contributed by atoms with Crippen LogP contribution in [0.1, 0.15) is 38.3 Å². The second kappa shape index (κ2) is 8.41. The molecule has 0 aromatic heterocycles.